The van der Waals surface area contributed by atoms with Crippen molar-refractivity contribution < 1.29 is 9.53 Å². The average molecular weight is 272 g/mol. The third-order valence-corrected chi connectivity index (χ3v) is 3.44. The molecule has 0 aromatic carbocycles. The van der Waals surface area contributed by atoms with E-state index in [1.165, 1.54) is 6.20 Å². The third kappa shape index (κ3) is 2.91. The van der Waals surface area contributed by atoms with Gasteiger partial charge in [-0.15, -0.1) is 0 Å². The molecule has 1 aromatic heterocycles. The van der Waals surface area contributed by atoms with E-state index in [1.807, 2.05) is 0 Å². The number of hydrogen-bond donors (Lipinski definition) is 1. The summed E-state index contributed by atoms with van der Waals surface area (Å²) in [5.74, 6) is 0.0355. The lowest BCUT2D eigenvalue weighted by molar-refractivity contribution is 0.0913. The Morgan fingerprint density at radius 3 is 3.17 bits per heavy atom. The van der Waals surface area contributed by atoms with E-state index in [9.17, 15) is 4.79 Å². The second kappa shape index (κ2) is 6.31. The lowest BCUT2D eigenvalue weighted by atomic mass is 9.99. The molecule has 1 aromatic rings. The van der Waals surface area contributed by atoms with E-state index >= 15 is 0 Å². The van der Waals surface area contributed by atoms with Crippen LogP contribution in [0, 0.1) is 0 Å². The Hall–Kier alpha value is -0.910. The smallest absolute Gasteiger partial charge is 0.199 e. The Morgan fingerprint density at radius 2 is 2.50 bits per heavy atom. The van der Waals surface area contributed by atoms with Gasteiger partial charge in [0.25, 0.3) is 0 Å². The van der Waals surface area contributed by atoms with Gasteiger partial charge in [-0.2, -0.15) is 5.10 Å². The van der Waals surface area contributed by atoms with Gasteiger partial charge in [-0.05, 0) is 19.4 Å². The molecule has 2 heterocycles. The molecule has 1 unspecified atom stereocenters. The lowest BCUT2D eigenvalue weighted by Crippen LogP contribution is -2.41. The molecular weight excluding hydrogens is 254 g/mol. The predicted molar refractivity (Wildman–Crippen MR) is 69.1 cm³/mol. The summed E-state index contributed by atoms with van der Waals surface area (Å²) in [7, 11) is 1.62. The highest BCUT2D eigenvalue weighted by Crippen LogP contribution is 2.20. The zero-order valence-corrected chi connectivity index (χ0v) is 11.2. The van der Waals surface area contributed by atoms with Crippen LogP contribution in [0.1, 0.15) is 29.8 Å². The first-order valence-corrected chi connectivity index (χ1v) is 6.59. The van der Waals surface area contributed by atoms with E-state index in [1.54, 1.807) is 11.8 Å². The monoisotopic (exact) mass is 271 g/mol. The fourth-order valence-corrected chi connectivity index (χ4v) is 2.43. The summed E-state index contributed by atoms with van der Waals surface area (Å²) >= 11 is 6.07. The number of piperidine rings is 1. The standard InChI is InChI=1S/C12H18ClN3O2/c1-18-7-6-16-11(9(13)8-15-16)12(17)10-4-2-3-5-14-10/h8,10,14H,2-7H2,1H3. The molecular formula is C12H18ClN3O2. The molecule has 1 saturated heterocycles. The summed E-state index contributed by atoms with van der Waals surface area (Å²) in [6.45, 7) is 1.94. The molecule has 18 heavy (non-hydrogen) atoms. The van der Waals surface area contributed by atoms with Crippen molar-refractivity contribution in [3.05, 3.63) is 16.9 Å². The maximum absolute atomic E-state index is 12.4. The van der Waals surface area contributed by atoms with Crippen molar-refractivity contribution in [2.24, 2.45) is 0 Å². The van der Waals surface area contributed by atoms with Crippen LogP contribution in [0.3, 0.4) is 0 Å². The van der Waals surface area contributed by atoms with Gasteiger partial charge in [0.15, 0.2) is 5.78 Å². The number of carbonyl (C=O) groups excluding carboxylic acids is 1. The predicted octanol–water partition coefficient (Wildman–Crippen LogP) is 1.51. The molecule has 1 atom stereocenters. The number of carbonyl (C=O) groups is 1. The van der Waals surface area contributed by atoms with Crippen molar-refractivity contribution in [3.8, 4) is 0 Å². The quantitative estimate of drug-likeness (QED) is 0.825. The van der Waals surface area contributed by atoms with Crippen LogP contribution < -0.4 is 5.32 Å². The Bertz CT molecular complexity index is 413. The highest BCUT2D eigenvalue weighted by atomic mass is 35.5. The molecule has 1 aliphatic heterocycles. The summed E-state index contributed by atoms with van der Waals surface area (Å²) in [6.07, 6.45) is 4.59. The second-order valence-corrected chi connectivity index (χ2v) is 4.83. The van der Waals surface area contributed by atoms with Gasteiger partial charge in [0.05, 0.1) is 30.4 Å². The summed E-state index contributed by atoms with van der Waals surface area (Å²) in [4.78, 5) is 12.4. The van der Waals surface area contributed by atoms with Crippen LogP contribution in [0.5, 0.6) is 0 Å². The number of hydrogen-bond acceptors (Lipinski definition) is 4. The first kappa shape index (κ1) is 13.5. The van der Waals surface area contributed by atoms with Crippen LogP contribution in [-0.4, -0.2) is 41.9 Å². The Kier molecular flexibility index (Phi) is 4.74. The lowest BCUT2D eigenvalue weighted by Gasteiger charge is -2.22. The molecule has 1 aliphatic rings. The molecule has 0 amide bonds. The fraction of sp³-hybridized carbons (Fsp3) is 0.667. The Balaban J connectivity index is 2.14. The van der Waals surface area contributed by atoms with Gasteiger partial charge in [-0.1, -0.05) is 18.0 Å². The largest absolute Gasteiger partial charge is 0.383 e. The SMILES string of the molecule is COCCn1ncc(Cl)c1C(=O)C1CCCCN1. The summed E-state index contributed by atoms with van der Waals surface area (Å²) in [5, 5.41) is 7.78. The van der Waals surface area contributed by atoms with E-state index in [4.69, 9.17) is 16.3 Å². The molecule has 0 bridgehead atoms. The van der Waals surface area contributed by atoms with E-state index in [0.29, 0.717) is 23.9 Å². The number of methoxy groups -OCH3 is 1. The van der Waals surface area contributed by atoms with Crippen molar-refractivity contribution in [3.63, 3.8) is 0 Å². The highest BCUT2D eigenvalue weighted by molar-refractivity contribution is 6.33. The van der Waals surface area contributed by atoms with Gasteiger partial charge < -0.3 is 10.1 Å². The maximum atomic E-state index is 12.4. The summed E-state index contributed by atoms with van der Waals surface area (Å²) < 4.78 is 6.63. The van der Waals surface area contributed by atoms with Gasteiger partial charge >= 0.3 is 0 Å². The minimum absolute atomic E-state index is 0.0355. The topological polar surface area (TPSA) is 56.2 Å². The number of aromatic nitrogens is 2. The van der Waals surface area contributed by atoms with E-state index in [2.05, 4.69) is 10.4 Å². The molecule has 5 nitrogen and oxygen atoms in total. The van der Waals surface area contributed by atoms with Gasteiger partial charge in [-0.3, -0.25) is 9.48 Å². The Labute approximate surface area is 111 Å². The van der Waals surface area contributed by atoms with Gasteiger partial charge in [0, 0.05) is 7.11 Å². The molecule has 100 valence electrons. The average Bonchev–Trinajstić information content (AvgIpc) is 2.77. The molecule has 6 heteroatoms. The summed E-state index contributed by atoms with van der Waals surface area (Å²) in [5.41, 5.74) is 0.494. The van der Waals surface area contributed by atoms with Crippen LogP contribution in [0.15, 0.2) is 6.20 Å². The molecule has 0 radical (unpaired) electrons. The van der Waals surface area contributed by atoms with Gasteiger partial charge in [0.2, 0.25) is 0 Å². The van der Waals surface area contributed by atoms with E-state index in [0.717, 1.165) is 25.8 Å². The van der Waals surface area contributed by atoms with Crippen molar-refractivity contribution in [1.82, 2.24) is 15.1 Å². The number of ether oxygens (including phenoxy) is 1. The Morgan fingerprint density at radius 1 is 1.67 bits per heavy atom. The number of nitrogens with zero attached hydrogens (tertiary/aromatic N) is 2. The van der Waals surface area contributed by atoms with Crippen LogP contribution in [0.25, 0.3) is 0 Å². The third-order valence-electron chi connectivity index (χ3n) is 3.16. The number of halogens is 1. The van der Waals surface area contributed by atoms with Crippen molar-refractivity contribution >= 4 is 17.4 Å². The number of nitrogens with one attached hydrogen (secondary N) is 1. The first-order chi connectivity index (χ1) is 8.74. The second-order valence-electron chi connectivity index (χ2n) is 4.42. The normalized spacial score (nSPS) is 20.0. The number of ketones is 1. The minimum Gasteiger partial charge on any atom is -0.383 e. The van der Waals surface area contributed by atoms with Crippen molar-refractivity contribution in [1.29, 1.82) is 0 Å². The molecule has 1 fully saturated rings. The number of rotatable bonds is 5. The highest BCUT2D eigenvalue weighted by Gasteiger charge is 2.26. The molecule has 1 N–H and O–H groups in total. The maximum Gasteiger partial charge on any atom is 0.199 e. The number of Topliss-reactive ketones (excluding diaryl/α,β-unsaturated/α-hetero) is 1. The summed E-state index contributed by atoms with van der Waals surface area (Å²) in [6, 6.07) is -0.130. The first-order valence-electron chi connectivity index (χ1n) is 6.22. The van der Waals surface area contributed by atoms with Gasteiger partial charge in [0.1, 0.15) is 5.69 Å². The van der Waals surface area contributed by atoms with Crippen molar-refractivity contribution in [2.45, 2.75) is 31.8 Å². The molecule has 0 spiro atoms. The molecule has 0 saturated carbocycles. The van der Waals surface area contributed by atoms with Crippen LogP contribution in [0.4, 0.5) is 0 Å². The fourth-order valence-electron chi connectivity index (χ4n) is 2.20. The van der Waals surface area contributed by atoms with Crippen LogP contribution in [0.2, 0.25) is 5.02 Å². The molecule has 0 aliphatic carbocycles. The zero-order chi connectivity index (χ0) is 13.0. The van der Waals surface area contributed by atoms with Crippen LogP contribution in [-0.2, 0) is 11.3 Å². The van der Waals surface area contributed by atoms with Crippen LogP contribution >= 0.6 is 11.6 Å². The van der Waals surface area contributed by atoms with Crippen molar-refractivity contribution in [2.75, 3.05) is 20.3 Å². The molecule has 2 rings (SSSR count). The minimum atomic E-state index is -0.130. The van der Waals surface area contributed by atoms with E-state index < -0.39 is 0 Å². The van der Waals surface area contributed by atoms with Gasteiger partial charge in [-0.25, -0.2) is 0 Å². The zero-order valence-electron chi connectivity index (χ0n) is 10.5. The van der Waals surface area contributed by atoms with E-state index in [-0.39, 0.29) is 11.8 Å².